The van der Waals surface area contributed by atoms with Crippen LogP contribution in [0.15, 0.2) is 18.3 Å². The zero-order valence-corrected chi connectivity index (χ0v) is 22.2. The molecule has 2 fully saturated rings. The Hall–Kier alpha value is -3.74. The number of anilines is 2. The lowest BCUT2D eigenvalue weighted by Gasteiger charge is -2.35. The van der Waals surface area contributed by atoms with E-state index in [2.05, 4.69) is 27.4 Å². The monoisotopic (exact) mass is 542 g/mol. The molecule has 1 atom stereocenters. The molecule has 0 radical (unpaired) electrons. The smallest absolute Gasteiger partial charge is 0.410 e. The number of carbonyl (C=O) groups excluding carboxylic acids is 3. The number of halogens is 1. The van der Waals surface area contributed by atoms with Crippen molar-refractivity contribution in [1.82, 2.24) is 29.9 Å². The zero-order valence-electron chi connectivity index (χ0n) is 22.2. The SMILES string of the molecule is CCCCOC(=O)N1CCn2nc(CN3CCN(c4ncc(NC5CCC(=O)NC5=O)cc4F)CC3)cc2C1. The predicted octanol–water partition coefficient (Wildman–Crippen LogP) is 1.71. The molecule has 3 aliphatic rings. The van der Waals surface area contributed by atoms with E-state index in [-0.39, 0.29) is 24.2 Å². The third-order valence-corrected chi connectivity index (χ3v) is 7.29. The van der Waals surface area contributed by atoms with Crippen LogP contribution >= 0.6 is 0 Å². The Balaban J connectivity index is 1.11. The molecule has 39 heavy (non-hydrogen) atoms. The molecular formula is C26H35FN8O4. The van der Waals surface area contributed by atoms with Gasteiger partial charge in [0.25, 0.3) is 0 Å². The van der Waals surface area contributed by atoms with Gasteiger partial charge in [0, 0.05) is 51.8 Å². The van der Waals surface area contributed by atoms with Crippen LogP contribution in [-0.2, 0) is 34.0 Å². The number of pyridine rings is 1. The summed E-state index contributed by atoms with van der Waals surface area (Å²) in [5.41, 5.74) is 2.35. The Morgan fingerprint density at radius 3 is 2.74 bits per heavy atom. The minimum absolute atomic E-state index is 0.245. The fourth-order valence-corrected chi connectivity index (χ4v) is 5.08. The van der Waals surface area contributed by atoms with Crippen molar-refractivity contribution in [3.63, 3.8) is 0 Å². The molecule has 2 aromatic heterocycles. The molecule has 5 rings (SSSR count). The molecule has 2 saturated heterocycles. The number of nitrogens with zero attached hydrogens (tertiary/aromatic N) is 6. The van der Waals surface area contributed by atoms with Crippen molar-refractivity contribution >= 4 is 29.4 Å². The van der Waals surface area contributed by atoms with E-state index in [0.717, 1.165) is 37.3 Å². The number of fused-ring (bicyclic) bond motifs is 1. The van der Waals surface area contributed by atoms with Crippen LogP contribution in [-0.4, -0.2) is 87.8 Å². The number of ether oxygens (including phenoxy) is 1. The van der Waals surface area contributed by atoms with E-state index in [0.29, 0.717) is 58.0 Å². The highest BCUT2D eigenvalue weighted by Crippen LogP contribution is 2.23. The fourth-order valence-electron chi connectivity index (χ4n) is 5.08. The molecule has 3 amide bonds. The summed E-state index contributed by atoms with van der Waals surface area (Å²) in [6.07, 6.45) is 3.71. The van der Waals surface area contributed by atoms with E-state index in [1.54, 1.807) is 4.90 Å². The van der Waals surface area contributed by atoms with Gasteiger partial charge in [-0.2, -0.15) is 5.10 Å². The van der Waals surface area contributed by atoms with Crippen molar-refractivity contribution in [2.24, 2.45) is 0 Å². The molecule has 12 nitrogen and oxygen atoms in total. The molecule has 1 unspecified atom stereocenters. The minimum atomic E-state index is -0.588. The fraction of sp³-hybridized carbons (Fsp3) is 0.577. The largest absolute Gasteiger partial charge is 0.449 e. The average molecular weight is 543 g/mol. The van der Waals surface area contributed by atoms with Gasteiger partial charge in [-0.15, -0.1) is 0 Å². The summed E-state index contributed by atoms with van der Waals surface area (Å²) in [4.78, 5) is 45.8. The number of unbranched alkanes of at least 4 members (excludes halogenated alkanes) is 1. The Morgan fingerprint density at radius 1 is 1.18 bits per heavy atom. The summed E-state index contributed by atoms with van der Waals surface area (Å²) in [6, 6.07) is 2.80. The number of carbonyl (C=O) groups is 3. The van der Waals surface area contributed by atoms with Gasteiger partial charge < -0.3 is 19.9 Å². The first-order valence-corrected chi connectivity index (χ1v) is 13.6. The van der Waals surface area contributed by atoms with E-state index in [1.165, 1.54) is 12.3 Å². The summed E-state index contributed by atoms with van der Waals surface area (Å²) in [7, 11) is 0. The second kappa shape index (κ2) is 12.0. The van der Waals surface area contributed by atoms with Crippen LogP contribution < -0.4 is 15.5 Å². The maximum absolute atomic E-state index is 14.9. The van der Waals surface area contributed by atoms with Crippen LogP contribution in [0.5, 0.6) is 0 Å². The standard InChI is InChI=1S/C26H35FN8O4/c1-2-3-12-39-26(38)34-10-11-35-20(17-34)13-19(31-35)16-32-6-8-33(9-7-32)24-21(27)14-18(15-28-24)29-22-4-5-23(36)30-25(22)37/h13-15,22,29H,2-12,16-17H2,1H3,(H,30,36,37). The number of piperazine rings is 1. The number of hydrogen-bond acceptors (Lipinski definition) is 9. The van der Waals surface area contributed by atoms with Gasteiger partial charge in [-0.1, -0.05) is 13.3 Å². The number of imide groups is 1. The van der Waals surface area contributed by atoms with Crippen molar-refractivity contribution in [1.29, 1.82) is 0 Å². The van der Waals surface area contributed by atoms with Crippen molar-refractivity contribution in [2.45, 2.75) is 58.3 Å². The maximum Gasteiger partial charge on any atom is 0.410 e. The molecule has 0 aromatic carbocycles. The first-order chi connectivity index (χ1) is 18.9. The van der Waals surface area contributed by atoms with E-state index in [9.17, 15) is 18.8 Å². The summed E-state index contributed by atoms with van der Waals surface area (Å²) < 4.78 is 22.3. The average Bonchev–Trinajstić information content (AvgIpc) is 3.32. The molecule has 13 heteroatoms. The Morgan fingerprint density at radius 2 is 2.00 bits per heavy atom. The van der Waals surface area contributed by atoms with Gasteiger partial charge in [-0.05, 0) is 18.9 Å². The third-order valence-electron chi connectivity index (χ3n) is 7.29. The Kier molecular flexibility index (Phi) is 8.24. The van der Waals surface area contributed by atoms with E-state index in [1.807, 2.05) is 15.6 Å². The molecule has 2 aromatic rings. The highest BCUT2D eigenvalue weighted by atomic mass is 19.1. The zero-order chi connectivity index (χ0) is 27.4. The van der Waals surface area contributed by atoms with Crippen LogP contribution in [0.3, 0.4) is 0 Å². The van der Waals surface area contributed by atoms with E-state index >= 15 is 0 Å². The summed E-state index contributed by atoms with van der Waals surface area (Å²) in [5, 5.41) is 9.98. The lowest BCUT2D eigenvalue weighted by Crippen LogP contribution is -2.47. The number of amides is 3. The summed E-state index contributed by atoms with van der Waals surface area (Å²) in [5.74, 6) is -0.879. The lowest BCUT2D eigenvalue weighted by molar-refractivity contribution is -0.133. The number of hydrogen-bond donors (Lipinski definition) is 2. The van der Waals surface area contributed by atoms with Gasteiger partial charge in [-0.25, -0.2) is 14.2 Å². The quantitative estimate of drug-likeness (QED) is 0.379. The Labute approximate surface area is 226 Å². The van der Waals surface area contributed by atoms with Crippen LogP contribution in [0.4, 0.5) is 20.7 Å². The van der Waals surface area contributed by atoms with Crippen LogP contribution in [0.25, 0.3) is 0 Å². The van der Waals surface area contributed by atoms with E-state index in [4.69, 9.17) is 9.84 Å². The molecule has 3 aliphatic heterocycles. The molecular weight excluding hydrogens is 507 g/mol. The van der Waals surface area contributed by atoms with Gasteiger partial charge in [0.1, 0.15) is 6.04 Å². The van der Waals surface area contributed by atoms with Gasteiger partial charge in [0.2, 0.25) is 11.8 Å². The normalized spacial score (nSPS) is 20.0. The molecule has 0 aliphatic carbocycles. The van der Waals surface area contributed by atoms with Crippen LogP contribution in [0.2, 0.25) is 0 Å². The number of piperidine rings is 1. The van der Waals surface area contributed by atoms with Gasteiger partial charge >= 0.3 is 6.09 Å². The summed E-state index contributed by atoms with van der Waals surface area (Å²) in [6.45, 7) is 7.61. The lowest BCUT2D eigenvalue weighted by atomic mass is 10.1. The van der Waals surface area contributed by atoms with Crippen molar-refractivity contribution in [3.05, 3.63) is 35.5 Å². The first-order valence-electron chi connectivity index (χ1n) is 13.6. The van der Waals surface area contributed by atoms with Gasteiger partial charge in [-0.3, -0.25) is 24.5 Å². The number of rotatable bonds is 8. The number of aromatic nitrogens is 3. The van der Waals surface area contributed by atoms with Crippen molar-refractivity contribution < 1.29 is 23.5 Å². The molecule has 0 spiro atoms. The second-order valence-electron chi connectivity index (χ2n) is 10.2. The van der Waals surface area contributed by atoms with Crippen molar-refractivity contribution in [3.8, 4) is 0 Å². The minimum Gasteiger partial charge on any atom is -0.449 e. The van der Waals surface area contributed by atoms with Gasteiger partial charge in [0.15, 0.2) is 11.6 Å². The van der Waals surface area contributed by atoms with Crippen LogP contribution in [0.1, 0.15) is 44.0 Å². The molecule has 210 valence electrons. The van der Waals surface area contributed by atoms with E-state index < -0.39 is 17.8 Å². The summed E-state index contributed by atoms with van der Waals surface area (Å²) >= 11 is 0. The predicted molar refractivity (Wildman–Crippen MR) is 140 cm³/mol. The second-order valence-corrected chi connectivity index (χ2v) is 10.2. The van der Waals surface area contributed by atoms with Crippen LogP contribution in [0, 0.1) is 5.82 Å². The third kappa shape index (κ3) is 6.47. The molecule has 0 bridgehead atoms. The maximum atomic E-state index is 14.9. The highest BCUT2D eigenvalue weighted by Gasteiger charge is 2.28. The number of nitrogens with one attached hydrogen (secondary N) is 2. The first kappa shape index (κ1) is 26.9. The van der Waals surface area contributed by atoms with Gasteiger partial charge in [0.05, 0.1) is 43.0 Å². The molecule has 2 N–H and O–H groups in total. The molecule has 5 heterocycles. The topological polar surface area (TPSA) is 125 Å². The Bertz CT molecular complexity index is 1210. The van der Waals surface area contributed by atoms with Crippen molar-refractivity contribution in [2.75, 3.05) is 49.5 Å². The molecule has 0 saturated carbocycles. The highest BCUT2D eigenvalue weighted by molar-refractivity contribution is 6.01.